The van der Waals surface area contributed by atoms with Crippen molar-refractivity contribution >= 4 is 38.4 Å². The first-order chi connectivity index (χ1) is 14.4. The van der Waals surface area contributed by atoms with Crippen LogP contribution < -0.4 is 4.90 Å². The number of nitrogens with zero attached hydrogens (tertiary/aromatic N) is 2. The van der Waals surface area contributed by atoms with Crippen molar-refractivity contribution in [1.82, 2.24) is 4.98 Å². The quantitative estimate of drug-likeness (QED) is 0.473. The van der Waals surface area contributed by atoms with Gasteiger partial charge < -0.3 is 13.9 Å². The molecular formula is C22H16N2O5S. The van der Waals surface area contributed by atoms with Crippen LogP contribution in [-0.4, -0.2) is 21.8 Å². The summed E-state index contributed by atoms with van der Waals surface area (Å²) in [5.74, 6) is -0.982. The van der Waals surface area contributed by atoms with Crippen LogP contribution in [0.25, 0.3) is 10.2 Å². The van der Waals surface area contributed by atoms with E-state index < -0.39 is 23.5 Å². The fraction of sp³-hybridized carbons (Fsp3) is 0.136. The lowest BCUT2D eigenvalue weighted by molar-refractivity contribution is -0.117. The maximum absolute atomic E-state index is 13.2. The number of benzene rings is 1. The zero-order valence-corrected chi connectivity index (χ0v) is 16.9. The van der Waals surface area contributed by atoms with Crippen LogP contribution in [0.2, 0.25) is 0 Å². The SMILES string of the molecule is Cc1ccc2nc(N3C(=O)C(O)=C(C(=O)c4ccc(C)o4)[C@@H]3c3ccco3)sc2c1. The molecule has 0 saturated heterocycles. The molecule has 7 nitrogen and oxygen atoms in total. The molecule has 0 fully saturated rings. The summed E-state index contributed by atoms with van der Waals surface area (Å²) in [6, 6.07) is 11.3. The highest BCUT2D eigenvalue weighted by Gasteiger charge is 2.47. The van der Waals surface area contributed by atoms with Crippen molar-refractivity contribution in [2.75, 3.05) is 4.90 Å². The van der Waals surface area contributed by atoms with E-state index in [0.717, 1.165) is 15.8 Å². The number of furan rings is 2. The molecule has 3 aromatic heterocycles. The molecule has 4 aromatic rings. The molecule has 4 heterocycles. The highest BCUT2D eigenvalue weighted by molar-refractivity contribution is 7.22. The zero-order valence-electron chi connectivity index (χ0n) is 16.1. The number of aromatic nitrogens is 1. The molecule has 150 valence electrons. The third-order valence-electron chi connectivity index (χ3n) is 4.97. The van der Waals surface area contributed by atoms with Crippen LogP contribution in [0.5, 0.6) is 0 Å². The third kappa shape index (κ3) is 2.76. The van der Waals surface area contributed by atoms with Crippen LogP contribution in [-0.2, 0) is 4.79 Å². The molecule has 1 aliphatic rings. The van der Waals surface area contributed by atoms with E-state index in [1.54, 1.807) is 25.1 Å². The van der Waals surface area contributed by atoms with Crippen LogP contribution in [0.4, 0.5) is 5.13 Å². The van der Waals surface area contributed by atoms with Gasteiger partial charge in [-0.15, -0.1) is 0 Å². The molecule has 0 bridgehead atoms. The van der Waals surface area contributed by atoms with Crippen LogP contribution in [0.15, 0.2) is 68.9 Å². The van der Waals surface area contributed by atoms with Crippen molar-refractivity contribution in [2.45, 2.75) is 19.9 Å². The number of aliphatic hydroxyl groups excluding tert-OH is 1. The van der Waals surface area contributed by atoms with E-state index >= 15 is 0 Å². The molecule has 8 heteroatoms. The number of ketones is 1. The van der Waals surface area contributed by atoms with Crippen molar-refractivity contribution in [2.24, 2.45) is 0 Å². The lowest BCUT2D eigenvalue weighted by Crippen LogP contribution is -2.30. The topological polar surface area (TPSA) is 96.8 Å². The van der Waals surface area contributed by atoms with Gasteiger partial charge >= 0.3 is 0 Å². The fourth-order valence-corrected chi connectivity index (χ4v) is 4.65. The molecule has 0 radical (unpaired) electrons. The molecule has 30 heavy (non-hydrogen) atoms. The molecule has 0 saturated carbocycles. The van der Waals surface area contributed by atoms with E-state index in [2.05, 4.69) is 4.98 Å². The first kappa shape index (κ1) is 18.4. The Labute approximate surface area is 174 Å². The number of aliphatic hydroxyl groups is 1. The van der Waals surface area contributed by atoms with Crippen LogP contribution >= 0.6 is 11.3 Å². The first-order valence-corrected chi connectivity index (χ1v) is 10.0. The Kier molecular flexibility index (Phi) is 4.11. The molecule has 1 N–H and O–H groups in total. The highest BCUT2D eigenvalue weighted by atomic mass is 32.1. The standard InChI is InChI=1S/C22H16N2O5S/c1-11-5-7-13-16(10-11)30-22(23-13)24-18(14-4-3-9-28-14)17(20(26)21(24)27)19(25)15-8-6-12(2)29-15/h3-10,18,26H,1-2H3/t18-/m0/s1. The average molecular weight is 420 g/mol. The second-order valence-corrected chi connectivity index (χ2v) is 8.07. The first-order valence-electron chi connectivity index (χ1n) is 9.22. The average Bonchev–Trinajstić information content (AvgIpc) is 3.49. The number of rotatable bonds is 4. The molecule has 1 aromatic carbocycles. The number of anilines is 1. The number of fused-ring (bicyclic) bond motifs is 1. The normalized spacial score (nSPS) is 16.8. The minimum Gasteiger partial charge on any atom is -0.503 e. The van der Waals surface area contributed by atoms with E-state index in [1.807, 2.05) is 25.1 Å². The fourth-order valence-electron chi connectivity index (χ4n) is 3.56. The lowest BCUT2D eigenvalue weighted by Gasteiger charge is -2.21. The number of amides is 1. The van der Waals surface area contributed by atoms with Gasteiger partial charge in [0.1, 0.15) is 17.6 Å². The second kappa shape index (κ2) is 6.70. The van der Waals surface area contributed by atoms with E-state index in [9.17, 15) is 14.7 Å². The van der Waals surface area contributed by atoms with E-state index in [1.165, 1.54) is 28.6 Å². The Morgan fingerprint density at radius 3 is 2.73 bits per heavy atom. The number of aryl methyl sites for hydroxylation is 2. The predicted octanol–water partition coefficient (Wildman–Crippen LogP) is 4.88. The van der Waals surface area contributed by atoms with Gasteiger partial charge in [-0.05, 0) is 55.8 Å². The lowest BCUT2D eigenvalue weighted by atomic mass is 10.00. The molecule has 1 atom stereocenters. The number of Topliss-reactive ketones (excluding diaryl/α,β-unsaturated/α-hetero) is 1. The van der Waals surface area contributed by atoms with Gasteiger partial charge in [-0.3, -0.25) is 14.5 Å². The van der Waals surface area contributed by atoms with Crippen molar-refractivity contribution in [3.63, 3.8) is 0 Å². The van der Waals surface area contributed by atoms with Crippen LogP contribution in [0, 0.1) is 13.8 Å². The molecule has 5 rings (SSSR count). The molecular weight excluding hydrogens is 404 g/mol. The monoisotopic (exact) mass is 420 g/mol. The molecule has 0 unspecified atom stereocenters. The van der Waals surface area contributed by atoms with Gasteiger partial charge in [-0.1, -0.05) is 17.4 Å². The summed E-state index contributed by atoms with van der Waals surface area (Å²) in [6.45, 7) is 3.69. The Morgan fingerprint density at radius 1 is 1.20 bits per heavy atom. The Balaban J connectivity index is 1.66. The second-order valence-electron chi connectivity index (χ2n) is 7.06. The highest BCUT2D eigenvalue weighted by Crippen LogP contribution is 2.44. The van der Waals surface area contributed by atoms with Crippen molar-refractivity contribution in [3.8, 4) is 0 Å². The minimum absolute atomic E-state index is 0.0418. The number of carbonyl (C=O) groups excluding carboxylic acids is 2. The number of carbonyl (C=O) groups is 2. The maximum atomic E-state index is 13.2. The van der Waals surface area contributed by atoms with E-state index in [0.29, 0.717) is 16.7 Å². The van der Waals surface area contributed by atoms with Crippen molar-refractivity contribution in [1.29, 1.82) is 0 Å². The Bertz CT molecular complexity index is 1330. The molecule has 1 aliphatic heterocycles. The van der Waals surface area contributed by atoms with Crippen LogP contribution in [0.3, 0.4) is 0 Å². The molecule has 0 spiro atoms. The van der Waals surface area contributed by atoms with Crippen molar-refractivity contribution in [3.05, 3.63) is 82.9 Å². The van der Waals surface area contributed by atoms with Gasteiger partial charge in [0, 0.05) is 0 Å². The molecule has 0 aliphatic carbocycles. The van der Waals surface area contributed by atoms with Crippen molar-refractivity contribution < 1.29 is 23.5 Å². The largest absolute Gasteiger partial charge is 0.503 e. The Morgan fingerprint density at radius 2 is 2.03 bits per heavy atom. The van der Waals surface area contributed by atoms with Gasteiger partial charge in [0.2, 0.25) is 5.78 Å². The van der Waals surface area contributed by atoms with Gasteiger partial charge in [0.05, 0.1) is 22.1 Å². The van der Waals surface area contributed by atoms with E-state index in [4.69, 9.17) is 8.83 Å². The summed E-state index contributed by atoms with van der Waals surface area (Å²) in [6.07, 6.45) is 1.45. The van der Waals surface area contributed by atoms with Gasteiger partial charge in [0.15, 0.2) is 16.7 Å². The number of hydrogen-bond acceptors (Lipinski definition) is 7. The Hall–Kier alpha value is -3.65. The minimum atomic E-state index is -0.952. The summed E-state index contributed by atoms with van der Waals surface area (Å²) < 4.78 is 11.9. The maximum Gasteiger partial charge on any atom is 0.296 e. The molecule has 1 amide bonds. The predicted molar refractivity (Wildman–Crippen MR) is 111 cm³/mol. The zero-order chi connectivity index (χ0) is 21.0. The smallest absolute Gasteiger partial charge is 0.296 e. The summed E-state index contributed by atoms with van der Waals surface area (Å²) in [5.41, 5.74) is 1.70. The number of hydrogen-bond donors (Lipinski definition) is 1. The summed E-state index contributed by atoms with van der Waals surface area (Å²) in [7, 11) is 0. The van der Waals surface area contributed by atoms with Gasteiger partial charge in [-0.2, -0.15) is 0 Å². The van der Waals surface area contributed by atoms with Crippen LogP contribution in [0.1, 0.15) is 33.7 Å². The van der Waals surface area contributed by atoms with E-state index in [-0.39, 0.29) is 11.3 Å². The number of thiazole rings is 1. The van der Waals surface area contributed by atoms with Gasteiger partial charge in [0.25, 0.3) is 5.91 Å². The third-order valence-corrected chi connectivity index (χ3v) is 5.99. The van der Waals surface area contributed by atoms with Gasteiger partial charge in [-0.25, -0.2) is 4.98 Å². The summed E-state index contributed by atoms with van der Waals surface area (Å²) >= 11 is 1.31. The summed E-state index contributed by atoms with van der Waals surface area (Å²) in [4.78, 5) is 32.1. The summed E-state index contributed by atoms with van der Waals surface area (Å²) in [5, 5.41) is 11.0.